The lowest BCUT2D eigenvalue weighted by molar-refractivity contribution is -0.144. The molecule has 5 nitrogen and oxygen atoms in total. The van der Waals surface area contributed by atoms with E-state index < -0.39 is 18.1 Å². The van der Waals surface area contributed by atoms with Crippen LogP contribution in [-0.2, 0) is 14.3 Å². The molecule has 0 heterocycles. The predicted molar refractivity (Wildman–Crippen MR) is 108 cm³/mol. The minimum absolute atomic E-state index is 0.00575. The average Bonchev–Trinajstić information content (AvgIpc) is 2.98. The van der Waals surface area contributed by atoms with E-state index in [2.05, 4.69) is 29.6 Å². The number of ether oxygens (including phenoxy) is 2. The summed E-state index contributed by atoms with van der Waals surface area (Å²) in [6.07, 6.45) is -0.610. The fraction of sp³-hybridized carbons (Fsp3) is 0.300. The Morgan fingerprint density at radius 1 is 1.04 bits per heavy atom. The summed E-state index contributed by atoms with van der Waals surface area (Å²) in [5, 5.41) is 2.58. The van der Waals surface area contributed by atoms with Crippen molar-refractivity contribution >= 4 is 34.7 Å². The minimum atomic E-state index is -0.703. The van der Waals surface area contributed by atoms with Gasteiger partial charge in [0.2, 0.25) is 0 Å². The Morgan fingerprint density at radius 2 is 1.62 bits per heavy atom. The highest BCUT2D eigenvalue weighted by Gasteiger charge is 2.29. The molecule has 1 N–H and O–H groups in total. The van der Waals surface area contributed by atoms with Crippen molar-refractivity contribution in [2.75, 3.05) is 17.6 Å². The van der Waals surface area contributed by atoms with E-state index in [4.69, 9.17) is 9.47 Å². The van der Waals surface area contributed by atoms with E-state index in [1.165, 1.54) is 11.1 Å². The second-order valence-electron chi connectivity index (χ2n) is 5.93. The summed E-state index contributed by atoms with van der Waals surface area (Å²) in [4.78, 5) is 24.0. The summed E-state index contributed by atoms with van der Waals surface area (Å²) in [5.74, 6) is -0.454. The highest BCUT2D eigenvalue weighted by Crippen LogP contribution is 2.44. The number of alkyl halides is 1. The summed E-state index contributed by atoms with van der Waals surface area (Å²) in [6.45, 7) is 2.23. The molecule has 0 radical (unpaired) electrons. The maximum atomic E-state index is 12.2. The van der Waals surface area contributed by atoms with E-state index in [0.29, 0.717) is 4.43 Å². The molecule has 2 aromatic rings. The zero-order valence-corrected chi connectivity index (χ0v) is 16.6. The van der Waals surface area contributed by atoms with Crippen LogP contribution in [0.1, 0.15) is 24.0 Å². The van der Waals surface area contributed by atoms with Gasteiger partial charge in [-0.1, -0.05) is 71.1 Å². The molecule has 0 saturated carbocycles. The van der Waals surface area contributed by atoms with E-state index in [0.717, 1.165) is 11.1 Å². The fourth-order valence-electron chi connectivity index (χ4n) is 3.19. The number of fused-ring (bicyclic) bond motifs is 3. The Morgan fingerprint density at radius 3 is 2.15 bits per heavy atom. The molecule has 0 saturated heterocycles. The second kappa shape index (κ2) is 8.53. The monoisotopic (exact) mass is 465 g/mol. The molecular weight excluding hydrogens is 445 g/mol. The molecule has 1 amide bonds. The molecule has 1 aliphatic rings. The maximum Gasteiger partial charge on any atom is 0.407 e. The number of nitrogens with one attached hydrogen (secondary N) is 1. The largest absolute Gasteiger partial charge is 0.464 e. The standard InChI is InChI=1S/C20H20INO4/c1-2-25-19(23)18(11-21)22-20(24)26-12-17-15-9-5-3-7-13(15)14-8-4-6-10-16(14)17/h3-10,17-18H,2,11-12H2,1H3,(H,22,24)/t18-/m0/s1. The highest BCUT2D eigenvalue weighted by molar-refractivity contribution is 14.1. The van der Waals surface area contributed by atoms with Gasteiger partial charge in [0.1, 0.15) is 12.6 Å². The molecule has 0 unspecified atom stereocenters. The predicted octanol–water partition coefficient (Wildman–Crippen LogP) is 3.89. The van der Waals surface area contributed by atoms with Crippen molar-refractivity contribution in [3.63, 3.8) is 0 Å². The number of halogens is 1. The fourth-order valence-corrected chi connectivity index (χ4v) is 3.77. The molecule has 0 bridgehead atoms. The molecule has 26 heavy (non-hydrogen) atoms. The first kappa shape index (κ1) is 18.7. The molecule has 1 atom stereocenters. The van der Waals surface area contributed by atoms with E-state index in [9.17, 15) is 9.59 Å². The molecule has 2 aromatic carbocycles. The molecular formula is C20H20INO4. The van der Waals surface area contributed by atoms with Gasteiger partial charge >= 0.3 is 12.1 Å². The number of hydrogen-bond donors (Lipinski definition) is 1. The first-order valence-corrected chi connectivity index (χ1v) is 10.0. The van der Waals surface area contributed by atoms with Crippen LogP contribution in [0.4, 0.5) is 4.79 Å². The number of carbonyl (C=O) groups is 2. The van der Waals surface area contributed by atoms with E-state index in [-0.39, 0.29) is 19.1 Å². The molecule has 0 aromatic heterocycles. The van der Waals surface area contributed by atoms with Crippen molar-refractivity contribution in [1.82, 2.24) is 5.32 Å². The lowest BCUT2D eigenvalue weighted by atomic mass is 9.98. The van der Waals surface area contributed by atoms with Crippen LogP contribution in [0.5, 0.6) is 0 Å². The van der Waals surface area contributed by atoms with Gasteiger partial charge in [0, 0.05) is 10.3 Å². The van der Waals surface area contributed by atoms with Crippen molar-refractivity contribution in [1.29, 1.82) is 0 Å². The number of carbonyl (C=O) groups excluding carboxylic acids is 2. The lowest BCUT2D eigenvalue weighted by Crippen LogP contribution is -2.43. The number of esters is 1. The normalized spacial score (nSPS) is 13.5. The summed E-state index contributed by atoms with van der Waals surface area (Å²) < 4.78 is 10.8. The number of amides is 1. The first-order chi connectivity index (χ1) is 12.7. The Kier molecular flexibility index (Phi) is 6.13. The van der Waals surface area contributed by atoms with Crippen LogP contribution in [-0.4, -0.2) is 35.7 Å². The van der Waals surface area contributed by atoms with E-state index in [1.54, 1.807) is 6.92 Å². The van der Waals surface area contributed by atoms with Crippen molar-refractivity contribution in [3.05, 3.63) is 59.7 Å². The molecule has 136 valence electrons. The van der Waals surface area contributed by atoms with Crippen LogP contribution in [0.3, 0.4) is 0 Å². The van der Waals surface area contributed by atoms with Gasteiger partial charge in [-0.2, -0.15) is 0 Å². The Balaban J connectivity index is 1.68. The summed E-state index contributed by atoms with van der Waals surface area (Å²) in [5.41, 5.74) is 4.65. The minimum Gasteiger partial charge on any atom is -0.464 e. The SMILES string of the molecule is CCOC(=O)[C@H](CI)NC(=O)OCC1c2ccccc2-c2ccccc21. The van der Waals surface area contributed by atoms with Crippen molar-refractivity contribution in [2.45, 2.75) is 18.9 Å². The lowest BCUT2D eigenvalue weighted by Gasteiger charge is -2.17. The number of benzene rings is 2. The van der Waals surface area contributed by atoms with Gasteiger partial charge in [-0.05, 0) is 29.2 Å². The molecule has 1 aliphatic carbocycles. The van der Waals surface area contributed by atoms with Crippen LogP contribution >= 0.6 is 22.6 Å². The molecule has 0 spiro atoms. The molecule has 0 fully saturated rings. The number of hydrogen-bond acceptors (Lipinski definition) is 4. The van der Waals surface area contributed by atoms with Gasteiger partial charge in [0.15, 0.2) is 0 Å². The summed E-state index contributed by atoms with van der Waals surface area (Å²) in [7, 11) is 0. The quantitative estimate of drug-likeness (QED) is 0.400. The van der Waals surface area contributed by atoms with Crippen molar-refractivity contribution < 1.29 is 19.1 Å². The van der Waals surface area contributed by atoms with Crippen molar-refractivity contribution in [3.8, 4) is 11.1 Å². The van der Waals surface area contributed by atoms with Crippen LogP contribution in [0, 0.1) is 0 Å². The Hall–Kier alpha value is -2.09. The molecule has 6 heteroatoms. The van der Waals surface area contributed by atoms with Gasteiger partial charge in [0.05, 0.1) is 6.61 Å². The molecule has 0 aliphatic heterocycles. The van der Waals surface area contributed by atoms with Gasteiger partial charge in [0.25, 0.3) is 0 Å². The number of rotatable bonds is 6. The highest BCUT2D eigenvalue weighted by atomic mass is 127. The topological polar surface area (TPSA) is 64.6 Å². The number of alkyl carbamates (subject to hydrolysis) is 1. The van der Waals surface area contributed by atoms with Gasteiger partial charge in [-0.25, -0.2) is 9.59 Å². The van der Waals surface area contributed by atoms with Crippen molar-refractivity contribution in [2.24, 2.45) is 0 Å². The zero-order chi connectivity index (χ0) is 18.5. The van der Waals surface area contributed by atoms with Crippen LogP contribution in [0.15, 0.2) is 48.5 Å². The third kappa shape index (κ3) is 3.85. The van der Waals surface area contributed by atoms with E-state index >= 15 is 0 Å². The zero-order valence-electron chi connectivity index (χ0n) is 14.4. The Labute approximate surface area is 166 Å². The smallest absolute Gasteiger partial charge is 0.407 e. The Bertz CT molecular complexity index is 762. The summed E-state index contributed by atoms with van der Waals surface area (Å²) in [6, 6.07) is 15.6. The summed E-state index contributed by atoms with van der Waals surface area (Å²) >= 11 is 2.03. The maximum absolute atomic E-state index is 12.2. The third-order valence-electron chi connectivity index (χ3n) is 4.36. The van der Waals surface area contributed by atoms with E-state index in [1.807, 2.05) is 46.9 Å². The first-order valence-electron chi connectivity index (χ1n) is 8.49. The second-order valence-corrected chi connectivity index (χ2v) is 6.81. The molecule has 3 rings (SSSR count). The van der Waals surface area contributed by atoms with Gasteiger partial charge < -0.3 is 14.8 Å². The van der Waals surface area contributed by atoms with Crippen LogP contribution < -0.4 is 5.32 Å². The van der Waals surface area contributed by atoms with Gasteiger partial charge in [-0.3, -0.25) is 0 Å². The average molecular weight is 465 g/mol. The van der Waals surface area contributed by atoms with Gasteiger partial charge in [-0.15, -0.1) is 0 Å². The third-order valence-corrected chi connectivity index (χ3v) is 5.24. The van der Waals surface area contributed by atoms with Crippen LogP contribution in [0.2, 0.25) is 0 Å². The van der Waals surface area contributed by atoms with Crippen LogP contribution in [0.25, 0.3) is 11.1 Å².